The first kappa shape index (κ1) is 31.3. The summed E-state index contributed by atoms with van der Waals surface area (Å²) in [4.78, 5) is 0. The Bertz CT molecular complexity index is 895. The molecule has 1 aliphatic rings. The Labute approximate surface area is 221 Å². The molecule has 0 nitrogen and oxygen atoms in total. The zero-order chi connectivity index (χ0) is 22.5. The van der Waals surface area contributed by atoms with Crippen LogP contribution in [0.3, 0.4) is 0 Å². The van der Waals surface area contributed by atoms with Gasteiger partial charge in [-0.2, -0.15) is 42.0 Å². The van der Waals surface area contributed by atoms with Gasteiger partial charge in [-0.1, -0.05) is 65.3 Å². The van der Waals surface area contributed by atoms with Crippen LogP contribution in [0.15, 0.2) is 60.7 Å². The first-order valence-electron chi connectivity index (χ1n) is 10.8. The van der Waals surface area contributed by atoms with Gasteiger partial charge in [0, 0.05) is 0 Å². The van der Waals surface area contributed by atoms with E-state index in [4.69, 9.17) is 0 Å². The summed E-state index contributed by atoms with van der Waals surface area (Å²) in [6.45, 7) is 18.1. The Morgan fingerprint density at radius 1 is 0.844 bits per heavy atom. The van der Waals surface area contributed by atoms with Crippen molar-refractivity contribution in [2.75, 3.05) is 0 Å². The molecule has 0 atom stereocenters. The Hall–Kier alpha value is -0.699. The molecule has 0 aliphatic heterocycles. The van der Waals surface area contributed by atoms with Gasteiger partial charge in [0.25, 0.3) is 0 Å². The summed E-state index contributed by atoms with van der Waals surface area (Å²) in [6.07, 6.45) is 1.15. The maximum Gasteiger partial charge on any atom is -0.172 e. The average Bonchev–Trinajstić information content (AvgIpc) is 3.30. The number of rotatable bonds is 0. The summed E-state index contributed by atoms with van der Waals surface area (Å²) in [5.74, 6) is 0. The van der Waals surface area contributed by atoms with E-state index in [1.165, 1.54) is 33.4 Å². The molecule has 0 heterocycles. The number of benzene rings is 2. The van der Waals surface area contributed by atoms with Gasteiger partial charge in [0.1, 0.15) is 0 Å². The maximum absolute atomic E-state index is 3.67. The molecule has 0 N–H and O–H groups in total. The first-order chi connectivity index (χ1) is 13.9. The minimum Gasteiger partial charge on any atom is -1.00 e. The molecule has 0 aromatic heterocycles. The van der Waals surface area contributed by atoms with Gasteiger partial charge in [0.05, 0.1) is 0 Å². The van der Waals surface area contributed by atoms with Crippen molar-refractivity contribution in [1.82, 2.24) is 0 Å². The molecule has 0 amide bonds. The monoisotopic (exact) mass is 518 g/mol. The summed E-state index contributed by atoms with van der Waals surface area (Å²) in [5.41, 5.74) is 8.70. The second-order valence-corrected chi connectivity index (χ2v) is 17.0. The van der Waals surface area contributed by atoms with Crippen LogP contribution in [0.5, 0.6) is 0 Å². The largest absolute Gasteiger partial charge is 1.00 e. The van der Waals surface area contributed by atoms with E-state index < -0.39 is 0 Å². The topological polar surface area (TPSA) is 0 Å². The maximum atomic E-state index is 3.67. The van der Waals surface area contributed by atoms with Gasteiger partial charge < -0.3 is 24.8 Å². The molecule has 0 saturated heterocycles. The standard InChI is InChI=1S/C21H25.C5H5.C2H6Si.2ClH.Ti/c1-20(2,3)16-7-9-18-14(12-16)11-15-13-17(21(4,5)6)8-10-19(15)18;1-2-4-5-3-1;1-3-2;;;/h7-10,12H,11H2,1-6H3;1-5H;1-2H3;2*1H;/q2*-1;;;;+2/p-2. The summed E-state index contributed by atoms with van der Waals surface area (Å²) >= 11 is 2.27. The number of fused-ring (bicyclic) bond motifs is 3. The van der Waals surface area contributed by atoms with E-state index in [2.05, 4.69) is 110 Å². The smallest absolute Gasteiger partial charge is 0.172 e. The van der Waals surface area contributed by atoms with E-state index in [-0.39, 0.29) is 41.8 Å². The minimum absolute atomic E-state index is 0. The second-order valence-electron chi connectivity index (χ2n) is 10.3. The van der Waals surface area contributed by atoms with Gasteiger partial charge in [-0.25, -0.2) is 12.1 Å². The van der Waals surface area contributed by atoms with Crippen molar-refractivity contribution >= 4 is 6.19 Å². The van der Waals surface area contributed by atoms with E-state index in [1.54, 1.807) is 0 Å². The van der Waals surface area contributed by atoms with Crippen molar-refractivity contribution in [1.29, 1.82) is 0 Å². The molecule has 3 aromatic rings. The van der Waals surface area contributed by atoms with Crippen LogP contribution in [0.1, 0.15) is 63.8 Å². The van der Waals surface area contributed by atoms with Crippen LogP contribution in [-0.2, 0) is 36.4 Å². The predicted molar refractivity (Wildman–Crippen MR) is 130 cm³/mol. The molecular weight excluding hydrogens is 483 g/mol. The molecule has 0 radical (unpaired) electrons. The number of hydrogen-bond donors (Lipinski definition) is 0. The zero-order valence-electron chi connectivity index (χ0n) is 20.7. The molecule has 32 heavy (non-hydrogen) atoms. The number of halogens is 2. The van der Waals surface area contributed by atoms with Crippen LogP contribution in [0.2, 0.25) is 13.1 Å². The van der Waals surface area contributed by atoms with Gasteiger partial charge in [-0.15, -0.1) is 11.1 Å². The third-order valence-electron chi connectivity index (χ3n) is 5.02. The van der Waals surface area contributed by atoms with Crippen LogP contribution < -0.4 is 24.8 Å². The van der Waals surface area contributed by atoms with E-state index in [1.807, 2.05) is 30.3 Å². The van der Waals surface area contributed by atoms with Gasteiger partial charge in [-0.3, -0.25) is 0 Å². The predicted octanol–water partition coefficient (Wildman–Crippen LogP) is 1.85. The van der Waals surface area contributed by atoms with Crippen molar-refractivity contribution in [3.63, 3.8) is 0 Å². The summed E-state index contributed by atoms with van der Waals surface area (Å²) in [7, 11) is 0. The zero-order valence-corrected chi connectivity index (χ0v) is 24.8. The van der Waals surface area contributed by atoms with Crippen LogP contribution in [0.25, 0.3) is 11.1 Å². The van der Waals surface area contributed by atoms with Crippen molar-refractivity contribution in [2.24, 2.45) is 0 Å². The van der Waals surface area contributed by atoms with Crippen LogP contribution in [0, 0.1) is 6.07 Å². The SMILES string of the molecule is CC(C)(C)c1[c-]c2c(cc1)-c1ccc(C(C)(C)C)cc1C2.C[Si](C)=[Ti+2].[Cl-].[Cl-].c1cc[cH-]c1. The Kier molecular flexibility index (Phi) is 13.0. The third-order valence-corrected chi connectivity index (χ3v) is 5.02. The van der Waals surface area contributed by atoms with E-state index in [9.17, 15) is 0 Å². The molecule has 1 aliphatic carbocycles. The molecule has 0 fully saturated rings. The van der Waals surface area contributed by atoms with Gasteiger partial charge >= 0.3 is 38.5 Å². The van der Waals surface area contributed by atoms with Gasteiger partial charge in [0.2, 0.25) is 0 Å². The molecule has 0 bridgehead atoms. The fraction of sp³-hybridized carbons (Fsp3) is 0.393. The van der Waals surface area contributed by atoms with Crippen LogP contribution in [-0.4, -0.2) is 6.19 Å². The Balaban J connectivity index is 0.000000739. The molecule has 4 heteroatoms. The van der Waals surface area contributed by atoms with Crippen molar-refractivity contribution < 1.29 is 44.0 Å². The molecule has 3 aromatic carbocycles. The molecule has 4 rings (SSSR count). The fourth-order valence-electron chi connectivity index (χ4n) is 3.35. The van der Waals surface area contributed by atoms with Gasteiger partial charge in [-0.05, 0) is 28.4 Å². The van der Waals surface area contributed by atoms with E-state index >= 15 is 0 Å². The van der Waals surface area contributed by atoms with Crippen molar-refractivity contribution in [2.45, 2.75) is 71.9 Å². The minimum atomic E-state index is 0. The van der Waals surface area contributed by atoms with Crippen molar-refractivity contribution in [3.05, 3.63) is 89.0 Å². The quantitative estimate of drug-likeness (QED) is 0.246. The normalized spacial score (nSPS) is 11.3. The third kappa shape index (κ3) is 9.28. The molecule has 0 unspecified atom stereocenters. The van der Waals surface area contributed by atoms with Crippen molar-refractivity contribution in [3.8, 4) is 11.1 Å². The average molecular weight is 519 g/mol. The Morgan fingerprint density at radius 2 is 1.38 bits per heavy atom. The van der Waals surface area contributed by atoms with Gasteiger partial charge in [0.15, 0.2) is 0 Å². The van der Waals surface area contributed by atoms with E-state index in [0.717, 1.165) is 6.42 Å². The fourth-order valence-corrected chi connectivity index (χ4v) is 3.35. The van der Waals surface area contributed by atoms with Crippen LogP contribution >= 0.6 is 0 Å². The Morgan fingerprint density at radius 3 is 1.81 bits per heavy atom. The summed E-state index contributed by atoms with van der Waals surface area (Å²) in [5, 5.41) is 0. The molecule has 172 valence electrons. The molecular formula is C28H36Cl2SiTi-2. The molecule has 0 saturated carbocycles. The first-order valence-corrected chi connectivity index (χ1v) is 15.6. The summed E-state index contributed by atoms with van der Waals surface area (Å²) in [6, 6.07) is 25.2. The summed E-state index contributed by atoms with van der Waals surface area (Å²) < 4.78 is 0. The second kappa shape index (κ2) is 13.3. The van der Waals surface area contributed by atoms with Crippen LogP contribution in [0.4, 0.5) is 0 Å². The molecule has 0 spiro atoms. The number of hydrogen-bond acceptors (Lipinski definition) is 0. The van der Waals surface area contributed by atoms with E-state index in [0.29, 0.717) is 0 Å².